The highest BCUT2D eigenvalue weighted by Crippen LogP contribution is 2.40. The van der Waals surface area contributed by atoms with Crippen molar-refractivity contribution in [3.8, 4) is 5.75 Å². The summed E-state index contributed by atoms with van der Waals surface area (Å²) < 4.78 is 5.85. The second kappa shape index (κ2) is 3.55. The predicted octanol–water partition coefficient (Wildman–Crippen LogP) is 3.60. The summed E-state index contributed by atoms with van der Waals surface area (Å²) in [6.07, 6.45) is 2.59. The molecule has 0 bridgehead atoms. The summed E-state index contributed by atoms with van der Waals surface area (Å²) in [5.74, 6) is 1.09. The van der Waals surface area contributed by atoms with Crippen LogP contribution in [0.1, 0.15) is 38.8 Å². The van der Waals surface area contributed by atoms with Crippen LogP contribution in [0.3, 0.4) is 0 Å². The normalized spacial score (nSPS) is 17.9. The zero-order valence-corrected chi connectivity index (χ0v) is 10.1. The Bertz CT molecular complexity index is 364. The maximum atomic E-state index is 5.85. The lowest BCUT2D eigenvalue weighted by Gasteiger charge is -2.16. The van der Waals surface area contributed by atoms with Gasteiger partial charge >= 0.3 is 0 Å². The topological polar surface area (TPSA) is 9.23 Å². The van der Waals surface area contributed by atoms with E-state index in [4.69, 9.17) is 4.74 Å². The zero-order valence-electron chi connectivity index (χ0n) is 10.1. The molecule has 0 amide bonds. The van der Waals surface area contributed by atoms with Gasteiger partial charge in [0.15, 0.2) is 0 Å². The summed E-state index contributed by atoms with van der Waals surface area (Å²) in [7, 11) is 0. The maximum absolute atomic E-state index is 5.85. The Kier molecular flexibility index (Phi) is 2.49. The molecule has 0 radical (unpaired) electrons. The third kappa shape index (κ3) is 2.17. The highest BCUT2D eigenvalue weighted by atomic mass is 16.5. The van der Waals surface area contributed by atoms with Crippen LogP contribution in [-0.2, 0) is 12.8 Å². The summed E-state index contributed by atoms with van der Waals surface area (Å²) in [4.78, 5) is 0. The Morgan fingerprint density at radius 3 is 2.60 bits per heavy atom. The van der Waals surface area contributed by atoms with E-state index >= 15 is 0 Å². The molecule has 15 heavy (non-hydrogen) atoms. The second-order valence-electron chi connectivity index (χ2n) is 5.58. The monoisotopic (exact) mass is 204 g/mol. The number of hydrogen-bond donors (Lipinski definition) is 0. The first-order valence-electron chi connectivity index (χ1n) is 5.75. The van der Waals surface area contributed by atoms with Gasteiger partial charge in [-0.1, -0.05) is 26.0 Å². The average Bonchev–Trinajstić information content (AvgIpc) is 2.39. The van der Waals surface area contributed by atoms with E-state index in [9.17, 15) is 0 Å². The number of fused-ring (bicyclic) bond motifs is 1. The van der Waals surface area contributed by atoms with Gasteiger partial charge in [0.1, 0.15) is 5.75 Å². The van der Waals surface area contributed by atoms with Crippen LogP contribution in [0.5, 0.6) is 5.75 Å². The highest BCUT2D eigenvalue weighted by Gasteiger charge is 2.30. The molecule has 0 saturated carbocycles. The molecule has 0 fully saturated rings. The van der Waals surface area contributed by atoms with Crippen molar-refractivity contribution in [2.75, 3.05) is 0 Å². The molecule has 82 valence electrons. The van der Waals surface area contributed by atoms with Crippen LogP contribution in [0.4, 0.5) is 0 Å². The van der Waals surface area contributed by atoms with Gasteiger partial charge in [0, 0.05) is 0 Å². The zero-order chi connectivity index (χ0) is 11.1. The summed E-state index contributed by atoms with van der Waals surface area (Å²) in [5, 5.41) is 0. The highest BCUT2D eigenvalue weighted by molar-refractivity contribution is 5.44. The lowest BCUT2D eigenvalue weighted by Crippen LogP contribution is -2.11. The van der Waals surface area contributed by atoms with Crippen LogP contribution >= 0.6 is 0 Å². The SMILES string of the molecule is CC(C)Oc1cccc2c1CC(C)(C)C2. The lowest BCUT2D eigenvalue weighted by atomic mass is 9.90. The fourth-order valence-electron chi connectivity index (χ4n) is 2.40. The molecule has 0 heterocycles. The number of rotatable bonds is 2. The third-order valence-electron chi connectivity index (χ3n) is 2.92. The first-order valence-corrected chi connectivity index (χ1v) is 5.75. The van der Waals surface area contributed by atoms with Gasteiger partial charge in [0.05, 0.1) is 6.10 Å². The Morgan fingerprint density at radius 2 is 1.93 bits per heavy atom. The molecule has 0 N–H and O–H groups in total. The van der Waals surface area contributed by atoms with Gasteiger partial charge in [0.2, 0.25) is 0 Å². The van der Waals surface area contributed by atoms with Crippen LogP contribution < -0.4 is 4.74 Å². The van der Waals surface area contributed by atoms with Gasteiger partial charge in [-0.2, -0.15) is 0 Å². The van der Waals surface area contributed by atoms with E-state index in [1.54, 1.807) is 0 Å². The van der Waals surface area contributed by atoms with E-state index in [1.807, 2.05) is 0 Å². The van der Waals surface area contributed by atoms with Crippen LogP contribution in [0, 0.1) is 5.41 Å². The summed E-state index contributed by atoms with van der Waals surface area (Å²) in [6.45, 7) is 8.82. The van der Waals surface area contributed by atoms with Crippen molar-refractivity contribution in [2.24, 2.45) is 5.41 Å². The molecule has 1 aromatic carbocycles. The molecule has 0 unspecified atom stereocenters. The van der Waals surface area contributed by atoms with E-state index in [0.717, 1.165) is 12.2 Å². The smallest absolute Gasteiger partial charge is 0.123 e. The van der Waals surface area contributed by atoms with Gasteiger partial charge in [-0.25, -0.2) is 0 Å². The first-order chi connectivity index (χ1) is 6.98. The van der Waals surface area contributed by atoms with Crippen molar-refractivity contribution in [3.63, 3.8) is 0 Å². The quantitative estimate of drug-likeness (QED) is 0.715. The molecular formula is C14H20O. The molecule has 0 saturated heterocycles. The van der Waals surface area contributed by atoms with Gasteiger partial charge in [-0.15, -0.1) is 0 Å². The lowest BCUT2D eigenvalue weighted by molar-refractivity contribution is 0.239. The van der Waals surface area contributed by atoms with Crippen molar-refractivity contribution in [1.29, 1.82) is 0 Å². The Morgan fingerprint density at radius 1 is 1.20 bits per heavy atom. The van der Waals surface area contributed by atoms with Gasteiger partial charge in [0.25, 0.3) is 0 Å². The predicted molar refractivity (Wildman–Crippen MR) is 63.4 cm³/mol. The van der Waals surface area contributed by atoms with Gasteiger partial charge in [-0.05, 0) is 49.3 Å². The summed E-state index contributed by atoms with van der Waals surface area (Å²) in [5.41, 5.74) is 3.30. The van der Waals surface area contributed by atoms with Crippen LogP contribution in [0.2, 0.25) is 0 Å². The van der Waals surface area contributed by atoms with Crippen molar-refractivity contribution < 1.29 is 4.74 Å². The number of ether oxygens (including phenoxy) is 1. The first kappa shape index (κ1) is 10.5. The van der Waals surface area contributed by atoms with Crippen molar-refractivity contribution >= 4 is 0 Å². The van der Waals surface area contributed by atoms with Crippen LogP contribution in [0.15, 0.2) is 18.2 Å². The molecule has 1 aliphatic carbocycles. The second-order valence-corrected chi connectivity index (χ2v) is 5.58. The Balaban J connectivity index is 2.33. The molecule has 0 spiro atoms. The minimum Gasteiger partial charge on any atom is -0.491 e. The molecular weight excluding hydrogens is 184 g/mol. The number of hydrogen-bond acceptors (Lipinski definition) is 1. The summed E-state index contributed by atoms with van der Waals surface area (Å²) in [6, 6.07) is 6.44. The van der Waals surface area contributed by atoms with Gasteiger partial charge < -0.3 is 4.74 Å². The summed E-state index contributed by atoms with van der Waals surface area (Å²) >= 11 is 0. The minimum absolute atomic E-state index is 0.264. The van der Waals surface area contributed by atoms with Crippen molar-refractivity contribution in [1.82, 2.24) is 0 Å². The van der Waals surface area contributed by atoms with E-state index < -0.39 is 0 Å². The van der Waals surface area contributed by atoms with Crippen LogP contribution in [0.25, 0.3) is 0 Å². The van der Waals surface area contributed by atoms with Crippen molar-refractivity contribution in [2.45, 2.75) is 46.6 Å². The van der Waals surface area contributed by atoms with Crippen LogP contribution in [-0.4, -0.2) is 6.10 Å². The molecule has 0 aromatic heterocycles. The van der Waals surface area contributed by atoms with E-state index in [-0.39, 0.29) is 6.10 Å². The number of benzene rings is 1. The molecule has 1 heteroatoms. The third-order valence-corrected chi connectivity index (χ3v) is 2.92. The molecule has 1 aromatic rings. The van der Waals surface area contributed by atoms with E-state index in [1.165, 1.54) is 17.5 Å². The molecule has 0 atom stereocenters. The Labute approximate surface area is 92.5 Å². The standard InChI is InChI=1S/C14H20O/c1-10(2)15-13-7-5-6-11-8-14(3,4)9-12(11)13/h5-7,10H,8-9H2,1-4H3. The molecule has 1 nitrogen and oxygen atoms in total. The van der Waals surface area contributed by atoms with E-state index in [2.05, 4.69) is 45.9 Å². The minimum atomic E-state index is 0.264. The fraction of sp³-hybridized carbons (Fsp3) is 0.571. The molecule has 0 aliphatic heterocycles. The van der Waals surface area contributed by atoms with Crippen molar-refractivity contribution in [3.05, 3.63) is 29.3 Å². The largest absolute Gasteiger partial charge is 0.491 e. The molecule has 2 rings (SSSR count). The van der Waals surface area contributed by atoms with Gasteiger partial charge in [-0.3, -0.25) is 0 Å². The fourth-order valence-corrected chi connectivity index (χ4v) is 2.40. The molecule has 1 aliphatic rings. The Hall–Kier alpha value is -0.980. The maximum Gasteiger partial charge on any atom is 0.123 e. The average molecular weight is 204 g/mol. The van der Waals surface area contributed by atoms with E-state index in [0.29, 0.717) is 5.41 Å².